The van der Waals surface area contributed by atoms with Gasteiger partial charge in [-0.3, -0.25) is 9.36 Å². The van der Waals surface area contributed by atoms with Crippen LogP contribution < -0.4 is 14.8 Å². The molecule has 0 spiro atoms. The van der Waals surface area contributed by atoms with Crippen molar-refractivity contribution in [2.24, 2.45) is 0 Å². The van der Waals surface area contributed by atoms with Crippen LogP contribution in [0.4, 0.5) is 5.69 Å². The molecule has 0 unspecified atom stereocenters. The molecule has 35 heavy (non-hydrogen) atoms. The Hall–Kier alpha value is -4.29. The molecule has 9 heteroatoms. The Labute approximate surface area is 207 Å². The SMILES string of the molecule is COc1ccc(OC)c(-n2c(SCC(=O)Nc3ccccc3C#N)nnc2-c2ccc(C)cc2)c1. The van der Waals surface area contributed by atoms with Gasteiger partial charge in [-0.05, 0) is 31.2 Å². The van der Waals surface area contributed by atoms with Crippen molar-refractivity contribution in [3.8, 4) is 34.6 Å². The van der Waals surface area contributed by atoms with E-state index >= 15 is 0 Å². The number of hydrogen-bond acceptors (Lipinski definition) is 7. The number of nitrogens with one attached hydrogen (secondary N) is 1. The van der Waals surface area contributed by atoms with E-state index in [2.05, 4.69) is 21.6 Å². The van der Waals surface area contributed by atoms with E-state index in [1.54, 1.807) is 38.5 Å². The highest BCUT2D eigenvalue weighted by molar-refractivity contribution is 7.99. The van der Waals surface area contributed by atoms with E-state index in [4.69, 9.17) is 9.47 Å². The van der Waals surface area contributed by atoms with Crippen molar-refractivity contribution < 1.29 is 14.3 Å². The predicted molar refractivity (Wildman–Crippen MR) is 135 cm³/mol. The Bertz CT molecular complexity index is 1390. The van der Waals surface area contributed by atoms with Crippen LogP contribution in [0.25, 0.3) is 17.1 Å². The summed E-state index contributed by atoms with van der Waals surface area (Å²) in [6.07, 6.45) is 0. The number of hydrogen-bond donors (Lipinski definition) is 1. The first-order valence-corrected chi connectivity index (χ1v) is 11.7. The first kappa shape index (κ1) is 23.9. The maximum absolute atomic E-state index is 12.7. The summed E-state index contributed by atoms with van der Waals surface area (Å²) in [4.78, 5) is 12.7. The zero-order valence-corrected chi connectivity index (χ0v) is 20.3. The number of thioether (sulfide) groups is 1. The molecule has 4 rings (SSSR count). The molecule has 3 aromatic carbocycles. The zero-order chi connectivity index (χ0) is 24.8. The second-order valence-electron chi connectivity index (χ2n) is 7.54. The van der Waals surface area contributed by atoms with Crippen LogP contribution in [0.3, 0.4) is 0 Å². The molecule has 0 saturated carbocycles. The molecule has 1 aromatic heterocycles. The fourth-order valence-corrected chi connectivity index (χ4v) is 4.19. The highest BCUT2D eigenvalue weighted by atomic mass is 32.2. The number of benzene rings is 3. The van der Waals surface area contributed by atoms with Crippen LogP contribution in [0.2, 0.25) is 0 Å². The number of amides is 1. The third-order valence-corrected chi connectivity index (χ3v) is 6.15. The van der Waals surface area contributed by atoms with Gasteiger partial charge < -0.3 is 14.8 Å². The lowest BCUT2D eigenvalue weighted by Gasteiger charge is -2.15. The van der Waals surface area contributed by atoms with Crippen LogP contribution >= 0.6 is 11.8 Å². The standard InChI is InChI=1S/C26H23N5O3S/c1-17-8-10-18(11-9-17)25-29-30-26(31(25)22-14-20(33-2)12-13-23(22)34-3)35-16-24(32)28-21-7-5-4-6-19(21)15-27/h4-14H,16H2,1-3H3,(H,28,32). The molecule has 8 nitrogen and oxygen atoms in total. The fraction of sp³-hybridized carbons (Fsp3) is 0.154. The Morgan fingerprint density at radius 3 is 2.54 bits per heavy atom. The fourth-order valence-electron chi connectivity index (χ4n) is 3.45. The molecule has 0 fully saturated rings. The van der Waals surface area contributed by atoms with Crippen LogP contribution in [0.15, 0.2) is 71.9 Å². The molecule has 0 aliphatic carbocycles. The van der Waals surface area contributed by atoms with Gasteiger partial charge in [0, 0.05) is 11.6 Å². The summed E-state index contributed by atoms with van der Waals surface area (Å²) < 4.78 is 12.9. The normalized spacial score (nSPS) is 10.5. The largest absolute Gasteiger partial charge is 0.497 e. The Balaban J connectivity index is 1.69. The molecule has 0 radical (unpaired) electrons. The summed E-state index contributed by atoms with van der Waals surface area (Å²) in [5.74, 6) is 1.66. The van der Waals surface area contributed by atoms with Crippen LogP contribution in [0.1, 0.15) is 11.1 Å². The number of nitrogens with zero attached hydrogens (tertiary/aromatic N) is 4. The average Bonchev–Trinajstić information content (AvgIpc) is 3.31. The molecule has 0 bridgehead atoms. The average molecular weight is 486 g/mol. The molecule has 0 atom stereocenters. The Kier molecular flexibility index (Phi) is 7.33. The molecule has 4 aromatic rings. The van der Waals surface area contributed by atoms with Gasteiger partial charge in [0.25, 0.3) is 0 Å². The summed E-state index contributed by atoms with van der Waals surface area (Å²) in [6.45, 7) is 2.02. The van der Waals surface area contributed by atoms with Crippen molar-refractivity contribution >= 4 is 23.4 Å². The van der Waals surface area contributed by atoms with Gasteiger partial charge in [-0.2, -0.15) is 5.26 Å². The number of anilines is 1. The first-order valence-electron chi connectivity index (χ1n) is 10.7. The summed E-state index contributed by atoms with van der Waals surface area (Å²) in [7, 11) is 3.19. The van der Waals surface area contributed by atoms with Gasteiger partial charge in [-0.15, -0.1) is 10.2 Å². The van der Waals surface area contributed by atoms with Crippen molar-refractivity contribution in [2.75, 3.05) is 25.3 Å². The second kappa shape index (κ2) is 10.8. The molecule has 0 aliphatic rings. The number of para-hydroxylation sites is 1. The van der Waals surface area contributed by atoms with Gasteiger partial charge in [0.2, 0.25) is 5.91 Å². The number of aromatic nitrogens is 3. The number of carbonyl (C=O) groups is 1. The summed E-state index contributed by atoms with van der Waals surface area (Å²) in [5.41, 5.74) is 3.55. The lowest BCUT2D eigenvalue weighted by Crippen LogP contribution is -2.15. The molecule has 0 saturated heterocycles. The maximum Gasteiger partial charge on any atom is 0.234 e. The summed E-state index contributed by atoms with van der Waals surface area (Å²) in [5, 5.41) is 21.4. The van der Waals surface area contributed by atoms with E-state index in [0.717, 1.165) is 11.1 Å². The number of methoxy groups -OCH3 is 2. The van der Waals surface area contributed by atoms with Gasteiger partial charge in [0.1, 0.15) is 17.6 Å². The smallest absolute Gasteiger partial charge is 0.234 e. The summed E-state index contributed by atoms with van der Waals surface area (Å²) in [6, 6.07) is 22.4. The third kappa shape index (κ3) is 5.28. The number of ether oxygens (including phenoxy) is 2. The van der Waals surface area contributed by atoms with Gasteiger partial charge in [-0.1, -0.05) is 53.7 Å². The first-order chi connectivity index (χ1) is 17.0. The Morgan fingerprint density at radius 2 is 1.83 bits per heavy atom. The minimum atomic E-state index is -0.262. The van der Waals surface area contributed by atoms with Crippen molar-refractivity contribution in [1.82, 2.24) is 14.8 Å². The minimum Gasteiger partial charge on any atom is -0.497 e. The van der Waals surface area contributed by atoms with E-state index in [9.17, 15) is 10.1 Å². The minimum absolute atomic E-state index is 0.0675. The molecule has 1 amide bonds. The monoisotopic (exact) mass is 485 g/mol. The molecule has 1 N–H and O–H groups in total. The zero-order valence-electron chi connectivity index (χ0n) is 19.5. The van der Waals surface area contributed by atoms with E-state index in [1.807, 2.05) is 54.0 Å². The van der Waals surface area contributed by atoms with Crippen molar-refractivity contribution in [2.45, 2.75) is 12.1 Å². The van der Waals surface area contributed by atoms with Crippen LogP contribution in [0.5, 0.6) is 11.5 Å². The predicted octanol–water partition coefficient (Wildman–Crippen LogP) is 4.86. The second-order valence-corrected chi connectivity index (χ2v) is 8.48. The number of aryl methyl sites for hydroxylation is 1. The van der Waals surface area contributed by atoms with E-state index in [0.29, 0.717) is 39.4 Å². The molecule has 0 aliphatic heterocycles. The van der Waals surface area contributed by atoms with Gasteiger partial charge in [-0.25, -0.2) is 0 Å². The van der Waals surface area contributed by atoms with E-state index < -0.39 is 0 Å². The van der Waals surface area contributed by atoms with E-state index in [1.165, 1.54) is 11.8 Å². The molecule has 1 heterocycles. The van der Waals surface area contributed by atoms with Crippen molar-refractivity contribution in [3.05, 3.63) is 77.9 Å². The maximum atomic E-state index is 12.7. The van der Waals surface area contributed by atoms with Crippen molar-refractivity contribution in [1.29, 1.82) is 5.26 Å². The van der Waals surface area contributed by atoms with Crippen LogP contribution in [-0.2, 0) is 4.79 Å². The Morgan fingerprint density at radius 1 is 1.06 bits per heavy atom. The number of carbonyl (C=O) groups excluding carboxylic acids is 1. The lowest BCUT2D eigenvalue weighted by molar-refractivity contribution is -0.113. The molecular formula is C26H23N5O3S. The third-order valence-electron chi connectivity index (χ3n) is 5.22. The highest BCUT2D eigenvalue weighted by Crippen LogP contribution is 2.35. The summed E-state index contributed by atoms with van der Waals surface area (Å²) >= 11 is 1.23. The lowest BCUT2D eigenvalue weighted by atomic mass is 10.1. The van der Waals surface area contributed by atoms with Gasteiger partial charge in [0.05, 0.1) is 36.9 Å². The number of nitriles is 1. The quantitative estimate of drug-likeness (QED) is 0.356. The van der Waals surface area contributed by atoms with Crippen LogP contribution in [-0.4, -0.2) is 40.6 Å². The topological polar surface area (TPSA) is 102 Å². The molecular weight excluding hydrogens is 462 g/mol. The van der Waals surface area contributed by atoms with Gasteiger partial charge >= 0.3 is 0 Å². The van der Waals surface area contributed by atoms with Gasteiger partial charge in [0.15, 0.2) is 11.0 Å². The van der Waals surface area contributed by atoms with E-state index in [-0.39, 0.29) is 11.7 Å². The number of rotatable bonds is 8. The van der Waals surface area contributed by atoms with Crippen molar-refractivity contribution in [3.63, 3.8) is 0 Å². The molecule has 176 valence electrons. The van der Waals surface area contributed by atoms with Crippen LogP contribution in [0, 0.1) is 18.3 Å². The highest BCUT2D eigenvalue weighted by Gasteiger charge is 2.21.